The molecule has 0 aliphatic carbocycles. The third-order valence-electron chi connectivity index (χ3n) is 3.53. The first-order valence-corrected chi connectivity index (χ1v) is 7.23. The fraction of sp³-hybridized carbons (Fsp3) is 0.312. The van der Waals surface area contributed by atoms with Crippen LogP contribution in [0, 0.1) is 5.41 Å². The number of imidazole rings is 1. The molecule has 1 aromatic heterocycles. The van der Waals surface area contributed by atoms with Gasteiger partial charge in [0.05, 0.1) is 6.61 Å². The average Bonchev–Trinajstić information content (AvgIpc) is 3.05. The van der Waals surface area contributed by atoms with Crippen LogP contribution in [0.5, 0.6) is 5.75 Å². The Labute approximate surface area is 129 Å². The Kier molecular flexibility index (Phi) is 3.64. The molecule has 21 heavy (non-hydrogen) atoms. The summed E-state index contributed by atoms with van der Waals surface area (Å²) in [5.74, 6) is 2.14. The number of aromatic nitrogens is 2. The van der Waals surface area contributed by atoms with E-state index in [1.165, 1.54) is 0 Å². The highest BCUT2D eigenvalue weighted by Gasteiger charge is 2.35. The van der Waals surface area contributed by atoms with Crippen LogP contribution in [0.25, 0.3) is 5.88 Å². The first kappa shape index (κ1) is 14.0. The van der Waals surface area contributed by atoms with Gasteiger partial charge in [-0.25, -0.2) is 4.98 Å². The molecule has 2 heterocycles. The molecule has 1 aliphatic rings. The quantitative estimate of drug-likeness (QED) is 0.798. The highest BCUT2D eigenvalue weighted by Crippen LogP contribution is 2.40. The van der Waals surface area contributed by atoms with Crippen LogP contribution < -0.4 is 4.74 Å². The van der Waals surface area contributed by atoms with Gasteiger partial charge in [0, 0.05) is 22.8 Å². The topological polar surface area (TPSA) is 36.3 Å². The number of halogens is 1. The number of hydrogen-bond donors (Lipinski definition) is 0. The summed E-state index contributed by atoms with van der Waals surface area (Å²) in [5.41, 5.74) is -0.0713. The van der Waals surface area contributed by atoms with E-state index in [9.17, 15) is 0 Å². The summed E-state index contributed by atoms with van der Waals surface area (Å²) < 4.78 is 13.7. The van der Waals surface area contributed by atoms with Gasteiger partial charge in [0.25, 0.3) is 0 Å². The Balaban J connectivity index is 2.04. The normalized spacial score (nSPS) is 19.2. The molecule has 0 atom stereocenters. The largest absolute Gasteiger partial charge is 0.492 e. The molecule has 110 valence electrons. The first-order valence-electron chi connectivity index (χ1n) is 6.85. The van der Waals surface area contributed by atoms with Gasteiger partial charge in [0.2, 0.25) is 5.88 Å². The Bertz CT molecular complexity index is 663. The van der Waals surface area contributed by atoms with Gasteiger partial charge in [-0.3, -0.25) is 4.57 Å². The van der Waals surface area contributed by atoms with Crippen LogP contribution in [-0.2, 0) is 4.74 Å². The minimum atomic E-state index is -0.0713. The van der Waals surface area contributed by atoms with E-state index in [1.807, 2.05) is 29.0 Å². The zero-order chi connectivity index (χ0) is 14.9. The Morgan fingerprint density at radius 3 is 2.90 bits per heavy atom. The van der Waals surface area contributed by atoms with Crippen molar-refractivity contribution < 1.29 is 9.47 Å². The second-order valence-corrected chi connectivity index (χ2v) is 6.08. The maximum Gasteiger partial charge on any atom is 0.244 e. The van der Waals surface area contributed by atoms with Crippen LogP contribution in [0.2, 0.25) is 5.02 Å². The summed E-state index contributed by atoms with van der Waals surface area (Å²) >= 11 is 6.02. The third kappa shape index (κ3) is 2.90. The van der Waals surface area contributed by atoms with Crippen LogP contribution in [0.1, 0.15) is 20.3 Å². The van der Waals surface area contributed by atoms with Crippen LogP contribution in [0.4, 0.5) is 0 Å². The molecule has 1 fully saturated rings. The summed E-state index contributed by atoms with van der Waals surface area (Å²) in [5, 5.41) is 0.633. The van der Waals surface area contributed by atoms with Crippen molar-refractivity contribution in [1.82, 2.24) is 9.55 Å². The van der Waals surface area contributed by atoms with Crippen molar-refractivity contribution in [2.24, 2.45) is 5.41 Å². The molecule has 1 aliphatic heterocycles. The maximum absolute atomic E-state index is 6.05. The van der Waals surface area contributed by atoms with E-state index in [-0.39, 0.29) is 5.41 Å². The average molecular weight is 305 g/mol. The highest BCUT2D eigenvalue weighted by atomic mass is 35.5. The molecule has 1 aromatic carbocycles. The minimum absolute atomic E-state index is 0.0713. The first-order chi connectivity index (χ1) is 10.1. The van der Waals surface area contributed by atoms with Crippen LogP contribution in [0.3, 0.4) is 0 Å². The van der Waals surface area contributed by atoms with Gasteiger partial charge in [0.15, 0.2) is 5.76 Å². The van der Waals surface area contributed by atoms with Gasteiger partial charge in [-0.15, -0.1) is 0 Å². The standard InChI is InChI=1S/C16H17ClN2O2/c1-16(2)6-9-20-14(16)15(19-8-7-18-11-19)21-13-5-3-4-12(17)10-13/h3-5,7-8,10-11H,6,9H2,1-2H3. The second kappa shape index (κ2) is 5.45. The van der Waals surface area contributed by atoms with E-state index in [4.69, 9.17) is 21.1 Å². The molecule has 0 saturated carbocycles. The molecule has 1 saturated heterocycles. The molecule has 3 rings (SSSR count). The highest BCUT2D eigenvalue weighted by molar-refractivity contribution is 6.30. The summed E-state index contributed by atoms with van der Waals surface area (Å²) in [6.07, 6.45) is 6.21. The smallest absolute Gasteiger partial charge is 0.244 e. The van der Waals surface area contributed by atoms with Gasteiger partial charge in [-0.05, 0) is 24.6 Å². The zero-order valence-corrected chi connectivity index (χ0v) is 12.8. The van der Waals surface area contributed by atoms with Gasteiger partial charge >= 0.3 is 0 Å². The number of allylic oxidation sites excluding steroid dienone is 1. The Hall–Kier alpha value is -1.94. The van der Waals surface area contributed by atoms with E-state index in [2.05, 4.69) is 18.8 Å². The predicted molar refractivity (Wildman–Crippen MR) is 81.9 cm³/mol. The van der Waals surface area contributed by atoms with Crippen molar-refractivity contribution >= 4 is 17.5 Å². The summed E-state index contributed by atoms with van der Waals surface area (Å²) in [6, 6.07) is 7.31. The van der Waals surface area contributed by atoms with Crippen LogP contribution >= 0.6 is 11.6 Å². The van der Waals surface area contributed by atoms with Gasteiger partial charge in [-0.2, -0.15) is 0 Å². The van der Waals surface area contributed by atoms with Crippen molar-refractivity contribution in [1.29, 1.82) is 0 Å². The molecule has 0 spiro atoms. The number of hydrogen-bond acceptors (Lipinski definition) is 3. The Morgan fingerprint density at radius 1 is 1.43 bits per heavy atom. The van der Waals surface area contributed by atoms with Crippen LogP contribution in [-0.4, -0.2) is 16.2 Å². The monoisotopic (exact) mass is 304 g/mol. The lowest BCUT2D eigenvalue weighted by molar-refractivity contribution is 0.237. The van der Waals surface area contributed by atoms with Crippen molar-refractivity contribution in [3.63, 3.8) is 0 Å². The van der Waals surface area contributed by atoms with Gasteiger partial charge < -0.3 is 9.47 Å². The molecule has 5 heteroatoms. The fourth-order valence-electron chi connectivity index (χ4n) is 2.31. The zero-order valence-electron chi connectivity index (χ0n) is 12.0. The molecule has 0 bridgehead atoms. The molecule has 4 nitrogen and oxygen atoms in total. The maximum atomic E-state index is 6.05. The lowest BCUT2D eigenvalue weighted by Crippen LogP contribution is -2.15. The molecule has 0 amide bonds. The predicted octanol–water partition coefficient (Wildman–Crippen LogP) is 4.19. The van der Waals surface area contributed by atoms with Crippen molar-refractivity contribution in [3.05, 3.63) is 53.8 Å². The lowest BCUT2D eigenvalue weighted by Gasteiger charge is -2.21. The summed E-state index contributed by atoms with van der Waals surface area (Å²) in [6.45, 7) is 4.99. The van der Waals surface area contributed by atoms with Crippen molar-refractivity contribution in [2.45, 2.75) is 20.3 Å². The van der Waals surface area contributed by atoms with Gasteiger partial charge in [0.1, 0.15) is 12.1 Å². The van der Waals surface area contributed by atoms with Crippen molar-refractivity contribution in [2.75, 3.05) is 6.61 Å². The minimum Gasteiger partial charge on any atom is -0.492 e. The fourth-order valence-corrected chi connectivity index (χ4v) is 2.49. The molecule has 0 unspecified atom stereocenters. The molecule has 0 N–H and O–H groups in total. The number of benzene rings is 1. The van der Waals surface area contributed by atoms with Crippen molar-refractivity contribution in [3.8, 4) is 5.75 Å². The van der Waals surface area contributed by atoms with E-state index in [1.54, 1.807) is 18.6 Å². The third-order valence-corrected chi connectivity index (χ3v) is 3.77. The van der Waals surface area contributed by atoms with Gasteiger partial charge in [-0.1, -0.05) is 31.5 Å². The van der Waals surface area contributed by atoms with E-state index in [0.29, 0.717) is 23.3 Å². The molecular formula is C16H17ClN2O2. The summed E-state index contributed by atoms with van der Waals surface area (Å²) in [7, 11) is 0. The molecular weight excluding hydrogens is 288 g/mol. The summed E-state index contributed by atoms with van der Waals surface area (Å²) in [4.78, 5) is 4.09. The second-order valence-electron chi connectivity index (χ2n) is 5.65. The SMILES string of the molecule is CC1(C)CCOC1=C(Oc1cccc(Cl)c1)n1ccnc1. The Morgan fingerprint density at radius 2 is 2.29 bits per heavy atom. The molecule has 2 aromatic rings. The number of ether oxygens (including phenoxy) is 2. The molecule has 0 radical (unpaired) electrons. The number of nitrogens with zero attached hydrogens (tertiary/aromatic N) is 2. The lowest BCUT2D eigenvalue weighted by atomic mass is 9.89. The number of rotatable bonds is 3. The van der Waals surface area contributed by atoms with E-state index < -0.39 is 0 Å². The van der Waals surface area contributed by atoms with E-state index >= 15 is 0 Å². The van der Waals surface area contributed by atoms with E-state index in [0.717, 1.165) is 12.2 Å². The van der Waals surface area contributed by atoms with Crippen LogP contribution in [0.15, 0.2) is 48.7 Å².